The van der Waals surface area contributed by atoms with Gasteiger partial charge < -0.3 is 20.4 Å². The Morgan fingerprint density at radius 1 is 1.10 bits per heavy atom. The first kappa shape index (κ1) is 27.7. The molecule has 3 N–H and O–H groups in total. The number of nitrogen functional groups attached to an aromatic ring is 1. The van der Waals surface area contributed by atoms with E-state index < -0.39 is 48.0 Å². The van der Waals surface area contributed by atoms with Gasteiger partial charge in [0.1, 0.15) is 17.2 Å². The fraction of sp³-hybridized carbons (Fsp3) is 0.222. The van der Waals surface area contributed by atoms with Crippen LogP contribution in [0.25, 0.3) is 28.4 Å². The van der Waals surface area contributed by atoms with Crippen molar-refractivity contribution in [2.45, 2.75) is 25.1 Å². The summed E-state index contributed by atoms with van der Waals surface area (Å²) in [7, 11) is 0. The molecule has 4 heterocycles. The molecule has 0 bridgehead atoms. The summed E-state index contributed by atoms with van der Waals surface area (Å²) in [5.74, 6) is -3.90. The van der Waals surface area contributed by atoms with Crippen LogP contribution in [0.4, 0.5) is 27.8 Å². The van der Waals surface area contributed by atoms with Gasteiger partial charge in [-0.25, -0.2) is 23.7 Å². The lowest BCUT2D eigenvalue weighted by atomic mass is 10.1. The molecule has 1 saturated heterocycles. The van der Waals surface area contributed by atoms with E-state index in [-0.39, 0.29) is 41.2 Å². The van der Waals surface area contributed by atoms with Gasteiger partial charge in [-0.3, -0.25) is 9.59 Å². The number of anilines is 1. The lowest BCUT2D eigenvalue weighted by molar-refractivity contribution is -0.136. The molecule has 1 fully saturated rings. The van der Waals surface area contributed by atoms with Crippen LogP contribution in [-0.2, 0) is 17.5 Å². The number of amides is 2. The van der Waals surface area contributed by atoms with E-state index in [1.807, 2.05) is 0 Å². The van der Waals surface area contributed by atoms with Crippen LogP contribution in [0.1, 0.15) is 33.7 Å². The monoisotopic (exact) mass is 572 g/mol. The molecule has 1 aliphatic heterocycles. The van der Waals surface area contributed by atoms with Crippen molar-refractivity contribution in [2.75, 3.05) is 18.8 Å². The molecular formula is C27H21F5N6O3. The van der Waals surface area contributed by atoms with Gasteiger partial charge in [-0.05, 0) is 42.0 Å². The van der Waals surface area contributed by atoms with Gasteiger partial charge in [0.25, 0.3) is 11.8 Å². The van der Waals surface area contributed by atoms with Crippen LogP contribution >= 0.6 is 0 Å². The first-order valence-electron chi connectivity index (χ1n) is 12.2. The average molecular weight is 572 g/mol. The molecule has 9 nitrogen and oxygen atoms in total. The molecule has 0 atom stereocenters. The van der Waals surface area contributed by atoms with Gasteiger partial charge >= 0.3 is 6.18 Å². The van der Waals surface area contributed by atoms with Gasteiger partial charge in [0.05, 0.1) is 24.2 Å². The maximum absolute atomic E-state index is 13.9. The Hall–Kier alpha value is -4.88. The van der Waals surface area contributed by atoms with Crippen molar-refractivity contribution in [2.24, 2.45) is 0 Å². The van der Waals surface area contributed by atoms with Crippen LogP contribution < -0.4 is 11.1 Å². The Morgan fingerprint density at radius 3 is 2.49 bits per heavy atom. The van der Waals surface area contributed by atoms with E-state index in [9.17, 15) is 31.5 Å². The highest BCUT2D eigenvalue weighted by molar-refractivity contribution is 5.94. The molecule has 1 aliphatic rings. The first-order valence-corrected chi connectivity index (χ1v) is 12.2. The number of halogens is 5. The third kappa shape index (κ3) is 6.31. The number of nitrogens with two attached hydrogens (primary N) is 1. The van der Waals surface area contributed by atoms with E-state index >= 15 is 0 Å². The highest BCUT2D eigenvalue weighted by atomic mass is 19.4. The number of nitrogens with zero attached hydrogens (tertiary/aromatic N) is 4. The third-order valence-electron chi connectivity index (χ3n) is 6.26. The molecule has 0 saturated carbocycles. The number of carbonyl (C=O) groups excluding carboxylic acids is 2. The van der Waals surface area contributed by atoms with Crippen molar-refractivity contribution in [3.63, 3.8) is 0 Å². The zero-order chi connectivity index (χ0) is 29.4. The Kier molecular flexibility index (Phi) is 7.15. The summed E-state index contributed by atoms with van der Waals surface area (Å²) >= 11 is 0. The summed E-state index contributed by atoms with van der Waals surface area (Å²) in [5.41, 5.74) is 4.55. The fourth-order valence-electron chi connectivity index (χ4n) is 4.23. The van der Waals surface area contributed by atoms with E-state index in [2.05, 4.69) is 20.3 Å². The van der Waals surface area contributed by atoms with Gasteiger partial charge in [-0.1, -0.05) is 0 Å². The fourth-order valence-corrected chi connectivity index (χ4v) is 4.23. The molecule has 41 heavy (non-hydrogen) atoms. The minimum Gasteiger partial charge on any atom is -0.459 e. The first-order chi connectivity index (χ1) is 19.4. The highest BCUT2D eigenvalue weighted by Crippen LogP contribution is 2.39. The Morgan fingerprint density at radius 2 is 1.85 bits per heavy atom. The largest absolute Gasteiger partial charge is 0.459 e. The molecule has 0 radical (unpaired) electrons. The second-order valence-electron chi connectivity index (χ2n) is 9.35. The second kappa shape index (κ2) is 10.6. The molecule has 1 aromatic carbocycles. The Bertz CT molecular complexity index is 1630. The van der Waals surface area contributed by atoms with Gasteiger partial charge in [-0.15, -0.1) is 0 Å². The zero-order valence-corrected chi connectivity index (χ0v) is 21.1. The number of hydrogen-bond donors (Lipinski definition) is 2. The molecular weight excluding hydrogens is 551 g/mol. The number of pyridine rings is 1. The summed E-state index contributed by atoms with van der Waals surface area (Å²) in [4.78, 5) is 37.6. The van der Waals surface area contributed by atoms with Crippen molar-refractivity contribution in [1.29, 1.82) is 0 Å². The molecule has 212 valence electrons. The van der Waals surface area contributed by atoms with Crippen LogP contribution in [0.5, 0.6) is 0 Å². The molecule has 3 aromatic heterocycles. The predicted molar refractivity (Wildman–Crippen MR) is 137 cm³/mol. The third-order valence-corrected chi connectivity index (χ3v) is 6.26. The molecule has 14 heteroatoms. The van der Waals surface area contributed by atoms with E-state index in [1.54, 1.807) is 12.1 Å². The number of benzene rings is 1. The van der Waals surface area contributed by atoms with E-state index in [0.717, 1.165) is 23.4 Å². The summed E-state index contributed by atoms with van der Waals surface area (Å²) in [6.07, 6.45) is 1.12. The van der Waals surface area contributed by atoms with Gasteiger partial charge in [0.2, 0.25) is 5.91 Å². The zero-order valence-electron chi connectivity index (χ0n) is 21.1. The van der Waals surface area contributed by atoms with Crippen LogP contribution in [0.3, 0.4) is 0 Å². The van der Waals surface area contributed by atoms with Crippen LogP contribution in [0.2, 0.25) is 0 Å². The van der Waals surface area contributed by atoms with Crippen molar-refractivity contribution < 1.29 is 36.0 Å². The maximum atomic E-state index is 13.9. The summed E-state index contributed by atoms with van der Waals surface area (Å²) in [6, 6.07) is 6.77. The van der Waals surface area contributed by atoms with Crippen molar-refractivity contribution in [3.05, 3.63) is 77.4 Å². The molecule has 4 aromatic rings. The van der Waals surface area contributed by atoms with Crippen LogP contribution in [0.15, 0.2) is 59.4 Å². The molecule has 0 spiro atoms. The highest BCUT2D eigenvalue weighted by Gasteiger charge is 2.40. The summed E-state index contributed by atoms with van der Waals surface area (Å²) < 4.78 is 74.1. The number of likely N-dealkylation sites (tertiary alicyclic amines) is 1. The number of fused-ring (bicyclic) bond motifs is 1. The van der Waals surface area contributed by atoms with Crippen molar-refractivity contribution >= 4 is 34.7 Å². The number of nitrogens with one attached hydrogen (secondary N) is 1. The van der Waals surface area contributed by atoms with E-state index in [4.69, 9.17) is 10.2 Å². The van der Waals surface area contributed by atoms with Crippen LogP contribution in [0, 0.1) is 0 Å². The predicted octanol–water partition coefficient (Wildman–Crippen LogP) is 4.70. The number of rotatable bonds is 6. The maximum Gasteiger partial charge on any atom is 0.420 e. The second-order valence-corrected chi connectivity index (χ2v) is 9.35. The number of carbonyl (C=O) groups is 2. The van der Waals surface area contributed by atoms with Crippen molar-refractivity contribution in [1.82, 2.24) is 25.2 Å². The normalized spacial score (nSPS) is 15.1. The van der Waals surface area contributed by atoms with Gasteiger partial charge in [-0.2, -0.15) is 13.2 Å². The summed E-state index contributed by atoms with van der Waals surface area (Å²) in [5, 5.41) is 2.63. The number of alkyl halides is 5. The topological polar surface area (TPSA) is 127 Å². The minimum absolute atomic E-state index is 0.00652. The quantitative estimate of drug-likeness (QED) is 0.253. The molecule has 0 aliphatic carbocycles. The lowest BCUT2D eigenvalue weighted by Crippen LogP contribution is -2.31. The molecule has 0 unspecified atom stereocenters. The van der Waals surface area contributed by atoms with Crippen molar-refractivity contribution in [3.8, 4) is 11.4 Å². The number of furan rings is 1. The standard InChI is InChI=1S/C27H21F5N6O3/c28-26(29)5-6-38(14-26)25(40)18-11-36-24(37-12-18)17-7-16-8-19(41-23(16)20(9-17)27(30,31)32)13-35-22(39)4-2-15-1-3-21(33)34-10-15/h1-4,7-12H,5-6,13-14H2,(H2,33,34)(H,35,39)/b4-2+. The smallest absolute Gasteiger partial charge is 0.420 e. The Balaban J connectivity index is 1.34. The van der Waals surface area contributed by atoms with Crippen LogP contribution in [-0.4, -0.2) is 50.7 Å². The minimum atomic E-state index is -4.79. The van der Waals surface area contributed by atoms with Gasteiger partial charge in [0.15, 0.2) is 5.82 Å². The van der Waals surface area contributed by atoms with E-state index in [0.29, 0.717) is 11.4 Å². The number of hydrogen-bond acceptors (Lipinski definition) is 7. The molecule has 2 amide bonds. The summed E-state index contributed by atoms with van der Waals surface area (Å²) in [6.45, 7) is -1.04. The van der Waals surface area contributed by atoms with Gasteiger partial charge in [0, 0.05) is 48.6 Å². The average Bonchev–Trinajstić information content (AvgIpc) is 3.52. The molecule has 5 rings (SSSR count). The SMILES string of the molecule is Nc1ccc(/C=C/C(=O)NCc2cc3cc(-c4ncc(C(=O)N5CCC(F)(F)C5)cn4)cc(C(F)(F)F)c3o2)cn1. The lowest BCUT2D eigenvalue weighted by Gasteiger charge is -2.15. The van der Waals surface area contributed by atoms with E-state index in [1.165, 1.54) is 30.5 Å². The Labute approximate surface area is 228 Å². The number of aromatic nitrogens is 3.